The van der Waals surface area contributed by atoms with Gasteiger partial charge in [0.2, 0.25) is 0 Å². The van der Waals surface area contributed by atoms with Gasteiger partial charge < -0.3 is 4.74 Å². The van der Waals surface area contributed by atoms with Gasteiger partial charge in [-0.1, -0.05) is 56.3 Å². The third-order valence-corrected chi connectivity index (χ3v) is 4.90. The van der Waals surface area contributed by atoms with Crippen molar-refractivity contribution >= 4 is 22.5 Å². The molecule has 3 aromatic rings. The Kier molecular flexibility index (Phi) is 5.68. The average molecular weight is 378 g/mol. The lowest BCUT2D eigenvalue weighted by molar-refractivity contribution is 0.0469. The summed E-state index contributed by atoms with van der Waals surface area (Å²) in [5.74, 6) is -0.611. The zero-order valence-electron chi connectivity index (χ0n) is 16.1. The standard InChI is InChI=1S/C22H22N2O4/c1-4-14(2)15-9-11-16(12-10-15)19(25)13-28-22(27)20-17-7-5-6-8-18(17)21(26)24(3)23-20/h5-12,14H,4,13H2,1-3H3/t14-/m1/s1. The minimum absolute atomic E-state index is 0.0117. The number of esters is 1. The van der Waals surface area contributed by atoms with E-state index in [1.165, 1.54) is 7.05 Å². The predicted molar refractivity (Wildman–Crippen MR) is 107 cm³/mol. The maximum atomic E-state index is 12.5. The molecule has 1 heterocycles. The lowest BCUT2D eigenvalue weighted by atomic mass is 9.97. The normalized spacial score (nSPS) is 12.0. The number of aryl methyl sites for hydroxylation is 1. The van der Waals surface area contributed by atoms with Crippen molar-refractivity contribution in [3.05, 3.63) is 75.7 Å². The molecular formula is C22H22N2O4. The molecule has 0 bridgehead atoms. The van der Waals surface area contributed by atoms with Gasteiger partial charge in [0.05, 0.1) is 5.39 Å². The Labute approximate surface area is 162 Å². The van der Waals surface area contributed by atoms with Gasteiger partial charge in [-0.05, 0) is 24.0 Å². The van der Waals surface area contributed by atoms with Crippen LogP contribution in [0.25, 0.3) is 10.8 Å². The summed E-state index contributed by atoms with van der Waals surface area (Å²) in [4.78, 5) is 37.0. The maximum absolute atomic E-state index is 12.5. The van der Waals surface area contributed by atoms with E-state index >= 15 is 0 Å². The number of carbonyl (C=O) groups is 2. The third kappa shape index (κ3) is 3.86. The first-order valence-electron chi connectivity index (χ1n) is 9.18. The van der Waals surface area contributed by atoms with Gasteiger partial charge in [0.1, 0.15) is 0 Å². The van der Waals surface area contributed by atoms with Crippen molar-refractivity contribution < 1.29 is 14.3 Å². The molecule has 1 atom stereocenters. The van der Waals surface area contributed by atoms with E-state index in [4.69, 9.17) is 4.74 Å². The second kappa shape index (κ2) is 8.17. The van der Waals surface area contributed by atoms with Crippen LogP contribution in [0.5, 0.6) is 0 Å². The average Bonchev–Trinajstić information content (AvgIpc) is 2.73. The highest BCUT2D eigenvalue weighted by Crippen LogP contribution is 2.19. The fraction of sp³-hybridized carbons (Fsp3) is 0.273. The molecule has 28 heavy (non-hydrogen) atoms. The van der Waals surface area contributed by atoms with Gasteiger partial charge in [-0.15, -0.1) is 0 Å². The molecule has 0 aliphatic carbocycles. The van der Waals surface area contributed by atoms with E-state index in [2.05, 4.69) is 18.9 Å². The Morgan fingerprint density at radius 2 is 1.71 bits per heavy atom. The van der Waals surface area contributed by atoms with Gasteiger partial charge >= 0.3 is 5.97 Å². The number of carbonyl (C=O) groups excluding carboxylic acids is 2. The quantitative estimate of drug-likeness (QED) is 0.485. The Morgan fingerprint density at radius 1 is 1.07 bits per heavy atom. The fourth-order valence-corrected chi connectivity index (χ4v) is 2.97. The first-order chi connectivity index (χ1) is 13.4. The largest absolute Gasteiger partial charge is 0.452 e. The molecule has 144 valence electrons. The molecule has 0 aliphatic heterocycles. The van der Waals surface area contributed by atoms with Crippen LogP contribution in [-0.4, -0.2) is 28.1 Å². The van der Waals surface area contributed by atoms with Crippen molar-refractivity contribution in [2.75, 3.05) is 6.61 Å². The Morgan fingerprint density at radius 3 is 2.36 bits per heavy atom. The summed E-state index contributed by atoms with van der Waals surface area (Å²) < 4.78 is 6.27. The summed E-state index contributed by atoms with van der Waals surface area (Å²) in [5.41, 5.74) is 1.36. The molecule has 6 heteroatoms. The molecule has 1 aromatic heterocycles. The van der Waals surface area contributed by atoms with Crippen LogP contribution in [0.4, 0.5) is 0 Å². The van der Waals surface area contributed by atoms with Gasteiger partial charge in [-0.25, -0.2) is 9.48 Å². The number of hydrogen-bond donors (Lipinski definition) is 0. The number of ketones is 1. The van der Waals surface area contributed by atoms with E-state index in [-0.39, 0.29) is 23.6 Å². The minimum atomic E-state index is -0.739. The van der Waals surface area contributed by atoms with Gasteiger partial charge in [0.25, 0.3) is 5.56 Å². The van der Waals surface area contributed by atoms with E-state index in [1.54, 1.807) is 36.4 Å². The molecule has 2 aromatic carbocycles. The van der Waals surface area contributed by atoms with E-state index < -0.39 is 5.97 Å². The number of fused-ring (bicyclic) bond motifs is 1. The summed E-state index contributed by atoms with van der Waals surface area (Å²) in [5, 5.41) is 4.79. The van der Waals surface area contributed by atoms with Crippen LogP contribution in [0.15, 0.2) is 53.3 Å². The Balaban J connectivity index is 1.76. The van der Waals surface area contributed by atoms with E-state index in [9.17, 15) is 14.4 Å². The van der Waals surface area contributed by atoms with Crippen LogP contribution in [0.1, 0.15) is 52.6 Å². The van der Waals surface area contributed by atoms with E-state index in [1.807, 2.05) is 12.1 Å². The minimum Gasteiger partial charge on any atom is -0.452 e. The van der Waals surface area contributed by atoms with Crippen molar-refractivity contribution in [3.8, 4) is 0 Å². The van der Waals surface area contributed by atoms with Crippen molar-refractivity contribution in [1.29, 1.82) is 0 Å². The fourth-order valence-electron chi connectivity index (χ4n) is 2.97. The number of rotatable bonds is 6. The van der Waals surface area contributed by atoms with Gasteiger partial charge in [-0.2, -0.15) is 5.10 Å². The zero-order chi connectivity index (χ0) is 20.3. The highest BCUT2D eigenvalue weighted by Gasteiger charge is 2.18. The molecule has 0 radical (unpaired) electrons. The van der Waals surface area contributed by atoms with Gasteiger partial charge in [-0.3, -0.25) is 9.59 Å². The molecule has 0 unspecified atom stereocenters. The molecule has 0 aliphatic rings. The van der Waals surface area contributed by atoms with Crippen LogP contribution >= 0.6 is 0 Å². The first kappa shape index (κ1) is 19.5. The van der Waals surface area contributed by atoms with Crippen molar-refractivity contribution in [1.82, 2.24) is 9.78 Å². The van der Waals surface area contributed by atoms with Crippen LogP contribution in [0.2, 0.25) is 0 Å². The Bertz CT molecular complexity index is 1080. The van der Waals surface area contributed by atoms with Crippen molar-refractivity contribution in [2.45, 2.75) is 26.2 Å². The van der Waals surface area contributed by atoms with Crippen LogP contribution in [0, 0.1) is 0 Å². The molecular weight excluding hydrogens is 356 g/mol. The summed E-state index contributed by atoms with van der Waals surface area (Å²) in [6.07, 6.45) is 1.02. The summed E-state index contributed by atoms with van der Waals surface area (Å²) >= 11 is 0. The molecule has 0 saturated carbocycles. The highest BCUT2D eigenvalue weighted by molar-refractivity contribution is 6.04. The predicted octanol–water partition coefficient (Wildman–Crippen LogP) is 3.49. The first-order valence-corrected chi connectivity index (χ1v) is 9.18. The third-order valence-electron chi connectivity index (χ3n) is 4.90. The topological polar surface area (TPSA) is 78.3 Å². The molecule has 0 N–H and O–H groups in total. The van der Waals surface area contributed by atoms with E-state index in [0.717, 1.165) is 16.7 Å². The lowest BCUT2D eigenvalue weighted by Crippen LogP contribution is -2.24. The number of Topliss-reactive ketones (excluding diaryl/α,β-unsaturated/α-hetero) is 1. The Hall–Kier alpha value is -3.28. The molecule has 0 amide bonds. The van der Waals surface area contributed by atoms with Crippen LogP contribution in [0.3, 0.4) is 0 Å². The maximum Gasteiger partial charge on any atom is 0.359 e. The number of benzene rings is 2. The monoisotopic (exact) mass is 378 g/mol. The smallest absolute Gasteiger partial charge is 0.359 e. The number of ether oxygens (including phenoxy) is 1. The summed E-state index contributed by atoms with van der Waals surface area (Å²) in [6, 6.07) is 14.0. The molecule has 3 rings (SSSR count). The van der Waals surface area contributed by atoms with Crippen LogP contribution in [-0.2, 0) is 11.8 Å². The molecule has 6 nitrogen and oxygen atoms in total. The lowest BCUT2D eigenvalue weighted by Gasteiger charge is -2.10. The van der Waals surface area contributed by atoms with Gasteiger partial charge in [0, 0.05) is 18.0 Å². The molecule has 0 fully saturated rings. The number of hydrogen-bond acceptors (Lipinski definition) is 5. The SMILES string of the molecule is CC[C@@H](C)c1ccc(C(=O)COC(=O)c2nn(C)c(=O)c3ccccc23)cc1. The molecule has 0 saturated heterocycles. The summed E-state index contributed by atoms with van der Waals surface area (Å²) in [6.45, 7) is 3.85. The zero-order valence-corrected chi connectivity index (χ0v) is 16.1. The number of nitrogens with zero attached hydrogens (tertiary/aromatic N) is 2. The van der Waals surface area contributed by atoms with Crippen LogP contribution < -0.4 is 5.56 Å². The second-order valence-electron chi connectivity index (χ2n) is 6.75. The number of aromatic nitrogens is 2. The van der Waals surface area contributed by atoms with Gasteiger partial charge in [0.15, 0.2) is 18.1 Å². The highest BCUT2D eigenvalue weighted by atomic mass is 16.5. The summed E-state index contributed by atoms with van der Waals surface area (Å²) in [7, 11) is 1.47. The van der Waals surface area contributed by atoms with Crippen molar-refractivity contribution in [3.63, 3.8) is 0 Å². The van der Waals surface area contributed by atoms with Crippen molar-refractivity contribution in [2.24, 2.45) is 7.05 Å². The van der Waals surface area contributed by atoms with E-state index in [0.29, 0.717) is 22.3 Å². The second-order valence-corrected chi connectivity index (χ2v) is 6.75. The molecule has 0 spiro atoms.